The molecule has 0 saturated carbocycles. The number of rotatable bonds is 9. The topological polar surface area (TPSA) is 153 Å². The number of morpholine rings is 1. The number of hydrogen-bond acceptors (Lipinski definition) is 13. The monoisotopic (exact) mass is 642 g/mol. The van der Waals surface area contributed by atoms with Crippen LogP contribution in [0.25, 0.3) is 0 Å². The molecule has 3 aliphatic rings. The Hall–Kier alpha value is -3.03. The molecular weight excluding hydrogens is 588 g/mol. The van der Waals surface area contributed by atoms with E-state index in [0.717, 1.165) is 0 Å². The molecule has 1 aromatic heterocycles. The Bertz CT molecular complexity index is 1210. The van der Waals surface area contributed by atoms with Crippen LogP contribution in [0, 0.1) is 11.8 Å². The maximum absolute atomic E-state index is 13.4. The highest BCUT2D eigenvalue weighted by atomic mass is 16.5. The molecule has 3 saturated heterocycles. The molecule has 0 radical (unpaired) electrons. The zero-order valence-corrected chi connectivity index (χ0v) is 29.5. The maximum Gasteiger partial charge on any atom is 0.353 e. The summed E-state index contributed by atoms with van der Waals surface area (Å²) in [4.78, 5) is 52.5. The molecule has 0 atom stereocenters. The van der Waals surface area contributed by atoms with Gasteiger partial charge in [0.15, 0.2) is 0 Å². The van der Waals surface area contributed by atoms with Crippen molar-refractivity contribution in [1.82, 2.24) is 25.6 Å². The largest absolute Gasteiger partial charge is 0.461 e. The molecule has 0 spiro atoms. The Morgan fingerprint density at radius 2 is 1.09 bits per heavy atom. The molecule has 13 nitrogen and oxygen atoms in total. The van der Waals surface area contributed by atoms with Crippen molar-refractivity contribution >= 4 is 41.2 Å². The summed E-state index contributed by atoms with van der Waals surface area (Å²) in [5.74, 6) is -0.941. The highest BCUT2D eigenvalue weighted by Crippen LogP contribution is 2.36. The van der Waals surface area contributed by atoms with Crippen molar-refractivity contribution in [3.63, 3.8) is 0 Å². The molecule has 0 bridgehead atoms. The number of anilines is 1. The molecule has 0 aliphatic carbocycles. The number of aromatic nitrogens is 3. The second-order valence-electron chi connectivity index (χ2n) is 15.3. The van der Waals surface area contributed by atoms with E-state index in [-0.39, 0.29) is 70.5 Å². The van der Waals surface area contributed by atoms with Crippen LogP contribution in [0.2, 0.25) is 0 Å². The number of nitrogens with zero attached hydrogens (tertiary/aromatic N) is 6. The van der Waals surface area contributed by atoms with Crippen molar-refractivity contribution < 1.29 is 23.8 Å². The van der Waals surface area contributed by atoms with Crippen molar-refractivity contribution in [2.75, 3.05) is 44.4 Å². The van der Waals surface area contributed by atoms with E-state index in [9.17, 15) is 9.59 Å². The summed E-state index contributed by atoms with van der Waals surface area (Å²) < 4.78 is 16.6. The third-order valence-electron chi connectivity index (χ3n) is 8.46. The number of carbonyl (C=O) groups excluding carboxylic acids is 2. The third-order valence-corrected chi connectivity index (χ3v) is 8.46. The molecule has 0 amide bonds. The van der Waals surface area contributed by atoms with Crippen LogP contribution < -0.4 is 15.5 Å². The number of piperidine rings is 2. The third kappa shape index (κ3) is 9.51. The number of carbonyl (C=O) groups is 2. The summed E-state index contributed by atoms with van der Waals surface area (Å²) >= 11 is 0. The van der Waals surface area contributed by atoms with Crippen molar-refractivity contribution in [2.45, 2.75) is 117 Å². The highest BCUT2D eigenvalue weighted by Gasteiger charge is 2.43. The van der Waals surface area contributed by atoms with Gasteiger partial charge in [-0.05, 0) is 94.9 Å². The quantitative estimate of drug-likeness (QED) is 0.296. The van der Waals surface area contributed by atoms with Gasteiger partial charge in [0.1, 0.15) is 11.4 Å². The second-order valence-corrected chi connectivity index (χ2v) is 15.3. The lowest BCUT2D eigenvalue weighted by atomic mass is 9.74. The van der Waals surface area contributed by atoms with Crippen molar-refractivity contribution in [3.8, 4) is 0 Å². The van der Waals surface area contributed by atoms with E-state index in [0.29, 0.717) is 57.9 Å². The first-order chi connectivity index (χ1) is 21.4. The van der Waals surface area contributed by atoms with Gasteiger partial charge in [-0.25, -0.2) is 19.6 Å². The van der Waals surface area contributed by atoms with E-state index in [1.165, 1.54) is 0 Å². The first-order valence-electron chi connectivity index (χ1n) is 16.6. The van der Waals surface area contributed by atoms with Gasteiger partial charge >= 0.3 is 11.9 Å². The van der Waals surface area contributed by atoms with E-state index in [1.54, 1.807) is 13.8 Å². The molecule has 256 valence electrons. The van der Waals surface area contributed by atoms with E-state index in [2.05, 4.69) is 71.0 Å². The lowest BCUT2D eigenvalue weighted by Crippen LogP contribution is -2.59. The van der Waals surface area contributed by atoms with Crippen molar-refractivity contribution in [3.05, 3.63) is 0 Å². The summed E-state index contributed by atoms with van der Waals surface area (Å²) in [6.07, 6.45) is 2.70. The standard InChI is InChI=1S/C33H54N8O5/c1-11-45-25(42)23(21-17-30(3,4)39-31(5,6)18-21)34-27-36-28(38-29(37-27)41-13-15-44-16-14-41)35-24(26(43)46-12-2)22-19-32(7,8)40-33(9,10)20-22/h21-22,39-40H,11-20H2,1-10H3/b34-23-,35-24-. The first-order valence-corrected chi connectivity index (χ1v) is 16.6. The lowest BCUT2D eigenvalue weighted by Gasteiger charge is -2.46. The van der Waals surface area contributed by atoms with E-state index in [4.69, 9.17) is 34.2 Å². The fourth-order valence-electron chi connectivity index (χ4n) is 7.61. The molecule has 0 unspecified atom stereocenters. The molecule has 3 aliphatic heterocycles. The number of aliphatic imine (C=N–C) groups is 2. The molecule has 46 heavy (non-hydrogen) atoms. The summed E-state index contributed by atoms with van der Waals surface area (Å²) in [5, 5.41) is 7.33. The Morgan fingerprint density at radius 1 is 0.717 bits per heavy atom. The average molecular weight is 643 g/mol. The zero-order chi connectivity index (χ0) is 33.9. The maximum atomic E-state index is 13.4. The minimum atomic E-state index is -0.495. The minimum Gasteiger partial charge on any atom is -0.461 e. The summed E-state index contributed by atoms with van der Waals surface area (Å²) in [6.45, 7) is 23.1. The molecule has 13 heteroatoms. The van der Waals surface area contributed by atoms with Gasteiger partial charge in [0.05, 0.1) is 26.4 Å². The molecule has 4 heterocycles. The van der Waals surface area contributed by atoms with Gasteiger partial charge in [0.2, 0.25) is 5.95 Å². The fourth-order valence-corrected chi connectivity index (χ4v) is 7.61. The molecular formula is C33H54N8O5. The Kier molecular flexibility index (Phi) is 10.9. The Morgan fingerprint density at radius 3 is 1.43 bits per heavy atom. The van der Waals surface area contributed by atoms with Gasteiger partial charge in [0.25, 0.3) is 11.9 Å². The minimum absolute atomic E-state index is 0.0432. The van der Waals surface area contributed by atoms with Crippen LogP contribution >= 0.6 is 0 Å². The van der Waals surface area contributed by atoms with E-state index < -0.39 is 11.9 Å². The van der Waals surface area contributed by atoms with Gasteiger partial charge in [0, 0.05) is 47.1 Å². The van der Waals surface area contributed by atoms with Crippen LogP contribution in [0.1, 0.15) is 94.9 Å². The van der Waals surface area contributed by atoms with Crippen LogP contribution in [0.5, 0.6) is 0 Å². The zero-order valence-electron chi connectivity index (χ0n) is 29.5. The van der Waals surface area contributed by atoms with Crippen LogP contribution in [-0.4, -0.2) is 100.0 Å². The molecule has 3 fully saturated rings. The van der Waals surface area contributed by atoms with Gasteiger partial charge < -0.3 is 29.7 Å². The second kappa shape index (κ2) is 14.0. The molecule has 1 aromatic rings. The van der Waals surface area contributed by atoms with Crippen LogP contribution in [-0.2, 0) is 23.8 Å². The SMILES string of the molecule is CCOC(=O)/C(=N\c1nc(/N=C(\C(=O)OCC)C2CC(C)(C)NC(C)(C)C2)nc(N2CCOCC2)n1)C1CC(C)(C)NC(C)(C)C1. The predicted octanol–water partition coefficient (Wildman–Crippen LogP) is 4.09. The fraction of sp³-hybridized carbons (Fsp3) is 0.788. The number of hydrogen-bond donors (Lipinski definition) is 2. The van der Waals surface area contributed by atoms with Crippen LogP contribution in [0.4, 0.5) is 17.8 Å². The van der Waals surface area contributed by atoms with Crippen molar-refractivity contribution in [1.29, 1.82) is 0 Å². The van der Waals surface area contributed by atoms with Crippen molar-refractivity contribution in [2.24, 2.45) is 21.8 Å². The Balaban J connectivity index is 1.86. The van der Waals surface area contributed by atoms with Gasteiger partial charge in [-0.15, -0.1) is 0 Å². The first kappa shape index (κ1) is 35.8. The summed E-state index contributed by atoms with van der Waals surface area (Å²) in [6, 6.07) is 0. The number of esters is 2. The van der Waals surface area contributed by atoms with Crippen LogP contribution in [0.3, 0.4) is 0 Å². The average Bonchev–Trinajstić information content (AvgIpc) is 2.92. The van der Waals surface area contributed by atoms with Gasteiger partial charge in [-0.1, -0.05) is 0 Å². The van der Waals surface area contributed by atoms with Crippen LogP contribution in [0.15, 0.2) is 9.98 Å². The number of nitrogens with one attached hydrogen (secondary N) is 2. The van der Waals surface area contributed by atoms with Gasteiger partial charge in [-0.2, -0.15) is 15.0 Å². The highest BCUT2D eigenvalue weighted by molar-refractivity contribution is 6.38. The summed E-state index contributed by atoms with van der Waals surface area (Å²) in [7, 11) is 0. The number of ether oxygens (including phenoxy) is 3. The molecule has 4 rings (SSSR count). The lowest BCUT2D eigenvalue weighted by molar-refractivity contribution is -0.136. The van der Waals surface area contributed by atoms with E-state index in [1.807, 2.05) is 4.90 Å². The predicted molar refractivity (Wildman–Crippen MR) is 178 cm³/mol. The Labute approximate surface area is 273 Å². The van der Waals surface area contributed by atoms with E-state index >= 15 is 0 Å². The van der Waals surface area contributed by atoms with Gasteiger partial charge in [-0.3, -0.25) is 0 Å². The molecule has 2 N–H and O–H groups in total. The summed E-state index contributed by atoms with van der Waals surface area (Å²) in [5.41, 5.74) is -0.413. The normalized spacial score (nSPS) is 23.6. The molecule has 0 aromatic carbocycles. The smallest absolute Gasteiger partial charge is 0.353 e.